The van der Waals surface area contributed by atoms with E-state index < -0.39 is 24.1 Å². The second-order valence-electron chi connectivity index (χ2n) is 5.35. The van der Waals surface area contributed by atoms with Crippen LogP contribution in [0.3, 0.4) is 0 Å². The van der Waals surface area contributed by atoms with Crippen molar-refractivity contribution < 1.29 is 22.9 Å². The summed E-state index contributed by atoms with van der Waals surface area (Å²) in [6, 6.07) is 5.24. The van der Waals surface area contributed by atoms with Crippen LogP contribution in [0.5, 0.6) is 0 Å². The molecule has 2 aromatic heterocycles. The highest BCUT2D eigenvalue weighted by atomic mass is 19.1. The Bertz CT molecular complexity index is 944. The highest BCUT2D eigenvalue weighted by Crippen LogP contribution is 2.15. The molecule has 0 bridgehead atoms. The third-order valence-electron chi connectivity index (χ3n) is 3.32. The topological polar surface area (TPSA) is 113 Å². The van der Waals surface area contributed by atoms with Gasteiger partial charge in [0.1, 0.15) is 12.4 Å². The molecule has 0 spiro atoms. The molecule has 2 heterocycles. The van der Waals surface area contributed by atoms with Crippen molar-refractivity contribution in [2.45, 2.75) is 32.9 Å². The van der Waals surface area contributed by atoms with Crippen LogP contribution in [0.2, 0.25) is 0 Å². The number of rotatable bonds is 7. The van der Waals surface area contributed by atoms with Crippen LogP contribution in [0.4, 0.5) is 4.39 Å². The van der Waals surface area contributed by atoms with E-state index in [9.17, 15) is 14.0 Å². The molecule has 0 unspecified atom stereocenters. The maximum Gasteiger partial charge on any atom is 0.437 e. The summed E-state index contributed by atoms with van der Waals surface area (Å²) in [6.45, 7) is 1.33. The lowest BCUT2D eigenvalue weighted by atomic mass is 10.2. The first kappa shape index (κ1) is 17.5. The third kappa shape index (κ3) is 4.21. The van der Waals surface area contributed by atoms with Crippen molar-refractivity contribution in [3.05, 3.63) is 52.3 Å². The molecule has 136 valence electrons. The van der Waals surface area contributed by atoms with Crippen LogP contribution in [0.15, 0.2) is 38.0 Å². The second-order valence-corrected chi connectivity index (χ2v) is 5.35. The van der Waals surface area contributed by atoms with E-state index in [2.05, 4.69) is 15.2 Å². The summed E-state index contributed by atoms with van der Waals surface area (Å²) in [4.78, 5) is 27.7. The standard InChI is InChI=1S/C16H15FN4O5/c1-2-3-12-18-13(26-20-12)9-24-14(22)8-21-16(23)25-15(19-21)10-4-6-11(17)7-5-10/h4-7H,2-3,8-9H2,1H3. The largest absolute Gasteiger partial charge is 0.454 e. The molecule has 9 nitrogen and oxygen atoms in total. The zero-order chi connectivity index (χ0) is 18.5. The van der Waals surface area contributed by atoms with Gasteiger partial charge in [0, 0.05) is 12.0 Å². The molecule has 0 aliphatic heterocycles. The van der Waals surface area contributed by atoms with Gasteiger partial charge in [-0.3, -0.25) is 4.79 Å². The van der Waals surface area contributed by atoms with E-state index in [-0.39, 0.29) is 18.4 Å². The number of halogens is 1. The van der Waals surface area contributed by atoms with E-state index in [1.165, 1.54) is 24.3 Å². The monoisotopic (exact) mass is 362 g/mol. The van der Waals surface area contributed by atoms with Crippen LogP contribution in [-0.4, -0.2) is 25.9 Å². The fourth-order valence-electron chi connectivity index (χ4n) is 2.10. The predicted octanol–water partition coefficient (Wildman–Crippen LogP) is 1.72. The fraction of sp³-hybridized carbons (Fsp3) is 0.312. The fourth-order valence-corrected chi connectivity index (χ4v) is 2.10. The molecule has 3 aromatic rings. The molecular formula is C16H15FN4O5. The number of nitrogens with zero attached hydrogens (tertiary/aromatic N) is 4. The summed E-state index contributed by atoms with van der Waals surface area (Å²) in [6.07, 6.45) is 1.53. The molecule has 10 heteroatoms. The zero-order valence-corrected chi connectivity index (χ0v) is 13.8. The highest BCUT2D eigenvalue weighted by Gasteiger charge is 2.15. The maximum atomic E-state index is 12.9. The average Bonchev–Trinajstić information content (AvgIpc) is 3.21. The number of benzene rings is 1. The lowest BCUT2D eigenvalue weighted by molar-refractivity contribution is -0.146. The van der Waals surface area contributed by atoms with Crippen molar-refractivity contribution in [2.24, 2.45) is 0 Å². The minimum Gasteiger partial charge on any atom is -0.454 e. The number of carbonyl (C=O) groups excluding carboxylic acids is 1. The molecule has 0 amide bonds. The molecular weight excluding hydrogens is 347 g/mol. The number of hydrogen-bond acceptors (Lipinski definition) is 8. The molecule has 26 heavy (non-hydrogen) atoms. The van der Waals surface area contributed by atoms with Gasteiger partial charge in [-0.2, -0.15) is 9.67 Å². The van der Waals surface area contributed by atoms with Crippen molar-refractivity contribution >= 4 is 5.97 Å². The highest BCUT2D eigenvalue weighted by molar-refractivity contribution is 5.69. The van der Waals surface area contributed by atoms with E-state index in [0.717, 1.165) is 11.1 Å². The molecule has 0 atom stereocenters. The van der Waals surface area contributed by atoms with Gasteiger partial charge in [-0.1, -0.05) is 12.1 Å². The lowest BCUT2D eigenvalue weighted by Crippen LogP contribution is -2.23. The number of ether oxygens (including phenoxy) is 1. The van der Waals surface area contributed by atoms with Crippen molar-refractivity contribution in [1.82, 2.24) is 19.9 Å². The first-order chi connectivity index (χ1) is 12.5. The molecule has 0 saturated heterocycles. The molecule has 0 radical (unpaired) electrons. The number of esters is 1. The number of hydrogen-bond donors (Lipinski definition) is 0. The Balaban J connectivity index is 1.60. The quantitative estimate of drug-likeness (QED) is 0.584. The molecule has 0 saturated carbocycles. The lowest BCUT2D eigenvalue weighted by Gasteiger charge is -2.00. The van der Waals surface area contributed by atoms with Crippen LogP contribution in [0.1, 0.15) is 25.1 Å². The van der Waals surface area contributed by atoms with Crippen LogP contribution in [0, 0.1) is 5.82 Å². The summed E-state index contributed by atoms with van der Waals surface area (Å²) < 4.78 is 28.6. The normalized spacial score (nSPS) is 10.8. The van der Waals surface area contributed by atoms with Gasteiger partial charge in [0.15, 0.2) is 12.4 Å². The van der Waals surface area contributed by atoms with E-state index in [1.54, 1.807) is 0 Å². The van der Waals surface area contributed by atoms with Crippen LogP contribution >= 0.6 is 0 Å². The van der Waals surface area contributed by atoms with E-state index in [4.69, 9.17) is 13.7 Å². The summed E-state index contributed by atoms with van der Waals surface area (Å²) in [5.41, 5.74) is 0.407. The second kappa shape index (κ2) is 7.72. The van der Waals surface area contributed by atoms with E-state index in [1.807, 2.05) is 6.92 Å². The summed E-state index contributed by atoms with van der Waals surface area (Å²) in [5, 5.41) is 7.63. The van der Waals surface area contributed by atoms with Crippen LogP contribution < -0.4 is 5.76 Å². The number of aryl methyl sites for hydroxylation is 1. The Morgan fingerprint density at radius 1 is 1.31 bits per heavy atom. The smallest absolute Gasteiger partial charge is 0.437 e. The summed E-state index contributed by atoms with van der Waals surface area (Å²) in [7, 11) is 0. The van der Waals surface area contributed by atoms with Crippen molar-refractivity contribution in [2.75, 3.05) is 0 Å². The minimum absolute atomic E-state index is 0.0242. The molecule has 0 fully saturated rings. The first-order valence-corrected chi connectivity index (χ1v) is 7.86. The van der Waals surface area contributed by atoms with Gasteiger partial charge >= 0.3 is 11.7 Å². The number of carbonyl (C=O) groups is 1. The molecule has 0 aliphatic carbocycles. The Morgan fingerprint density at radius 2 is 2.08 bits per heavy atom. The Kier molecular flexibility index (Phi) is 5.20. The molecule has 0 N–H and O–H groups in total. The Labute approximate surface area is 146 Å². The van der Waals surface area contributed by atoms with Crippen LogP contribution in [-0.2, 0) is 29.1 Å². The van der Waals surface area contributed by atoms with Gasteiger partial charge in [0.25, 0.3) is 5.89 Å². The zero-order valence-electron chi connectivity index (χ0n) is 13.8. The maximum absolute atomic E-state index is 12.9. The number of aromatic nitrogens is 4. The van der Waals surface area contributed by atoms with Gasteiger partial charge in [-0.15, -0.1) is 5.10 Å². The van der Waals surface area contributed by atoms with Crippen LogP contribution in [0.25, 0.3) is 11.5 Å². The average molecular weight is 362 g/mol. The van der Waals surface area contributed by atoms with Gasteiger partial charge in [0.05, 0.1) is 0 Å². The van der Waals surface area contributed by atoms with E-state index in [0.29, 0.717) is 17.8 Å². The summed E-state index contributed by atoms with van der Waals surface area (Å²) in [5.74, 6) is -1.30. The third-order valence-corrected chi connectivity index (χ3v) is 3.32. The first-order valence-electron chi connectivity index (χ1n) is 7.86. The molecule has 0 aliphatic rings. The van der Waals surface area contributed by atoms with Crippen molar-refractivity contribution in [3.63, 3.8) is 0 Å². The van der Waals surface area contributed by atoms with Gasteiger partial charge in [0.2, 0.25) is 5.89 Å². The van der Waals surface area contributed by atoms with Gasteiger partial charge < -0.3 is 13.7 Å². The van der Waals surface area contributed by atoms with E-state index >= 15 is 0 Å². The summed E-state index contributed by atoms with van der Waals surface area (Å²) >= 11 is 0. The van der Waals surface area contributed by atoms with Crippen molar-refractivity contribution in [3.8, 4) is 11.5 Å². The predicted molar refractivity (Wildman–Crippen MR) is 84.2 cm³/mol. The van der Waals surface area contributed by atoms with Gasteiger partial charge in [-0.25, -0.2) is 9.18 Å². The molecule has 1 aromatic carbocycles. The SMILES string of the molecule is CCCc1noc(COC(=O)Cn2nc(-c3ccc(F)cc3)oc2=O)n1. The minimum atomic E-state index is -0.829. The van der Waals surface area contributed by atoms with Gasteiger partial charge in [-0.05, 0) is 30.7 Å². The molecule has 3 rings (SSSR count). The Hall–Kier alpha value is -3.30. The van der Waals surface area contributed by atoms with Crippen molar-refractivity contribution in [1.29, 1.82) is 0 Å². The Morgan fingerprint density at radius 3 is 2.81 bits per heavy atom.